The van der Waals surface area contributed by atoms with E-state index in [2.05, 4.69) is 6.92 Å². The Morgan fingerprint density at radius 3 is 2.41 bits per heavy atom. The van der Waals surface area contributed by atoms with Gasteiger partial charge in [0, 0.05) is 17.9 Å². The van der Waals surface area contributed by atoms with Crippen LogP contribution >= 0.6 is 0 Å². The van der Waals surface area contributed by atoms with Gasteiger partial charge in [-0.15, -0.1) is 0 Å². The molecule has 0 radical (unpaired) electrons. The summed E-state index contributed by atoms with van der Waals surface area (Å²) < 4.78 is 16.7. The van der Waals surface area contributed by atoms with Gasteiger partial charge >= 0.3 is 5.63 Å². The molecular formula is C30H42O11. The topological polar surface area (TPSA) is 187 Å². The average molecular weight is 579 g/mol. The lowest BCUT2D eigenvalue weighted by atomic mass is 9.41. The fourth-order valence-corrected chi connectivity index (χ4v) is 9.72. The van der Waals surface area contributed by atoms with Gasteiger partial charge < -0.3 is 49.3 Å². The van der Waals surface area contributed by atoms with Crippen molar-refractivity contribution in [1.82, 2.24) is 0 Å². The number of aliphatic hydroxyl groups excluding tert-OH is 4. The predicted molar refractivity (Wildman–Crippen MR) is 141 cm³/mol. The Bertz CT molecular complexity index is 1180. The van der Waals surface area contributed by atoms with Crippen molar-refractivity contribution in [3.05, 3.63) is 34.4 Å². The minimum absolute atomic E-state index is 0.00784. The molecule has 1 saturated heterocycles. The third-order valence-electron chi connectivity index (χ3n) is 12.0. The molecule has 5 fully saturated rings. The highest BCUT2D eigenvalue weighted by Gasteiger charge is 2.71. The molecule has 0 bridgehead atoms. The highest BCUT2D eigenvalue weighted by molar-refractivity contribution is 5.64. The summed E-state index contributed by atoms with van der Waals surface area (Å²) >= 11 is 0. The second-order valence-corrected chi connectivity index (χ2v) is 13.5. The molecule has 41 heavy (non-hydrogen) atoms. The summed E-state index contributed by atoms with van der Waals surface area (Å²) in [6.45, 7) is 1.53. The molecule has 228 valence electrons. The third-order valence-corrected chi connectivity index (χ3v) is 12.0. The largest absolute Gasteiger partial charge is 0.431 e. The number of hydrogen-bond acceptors (Lipinski definition) is 11. The molecule has 2 heterocycles. The molecule has 0 spiro atoms. The second-order valence-electron chi connectivity index (χ2n) is 13.5. The normalized spacial score (nSPS) is 51.3. The van der Waals surface area contributed by atoms with E-state index in [4.69, 9.17) is 13.9 Å². The minimum atomic E-state index is -1.57. The Hall–Kier alpha value is -1.70. The molecule has 1 aromatic heterocycles. The Morgan fingerprint density at radius 2 is 1.73 bits per heavy atom. The molecule has 5 aliphatic rings. The van der Waals surface area contributed by atoms with Crippen molar-refractivity contribution in [2.45, 2.75) is 119 Å². The summed E-state index contributed by atoms with van der Waals surface area (Å²) in [5, 5.41) is 64.7. The van der Waals surface area contributed by atoms with E-state index in [9.17, 15) is 40.2 Å². The van der Waals surface area contributed by atoms with Crippen molar-refractivity contribution in [3.63, 3.8) is 0 Å². The van der Waals surface area contributed by atoms with E-state index in [1.165, 1.54) is 12.3 Å². The maximum atomic E-state index is 13.0. The number of ether oxygens (including phenoxy) is 2. The summed E-state index contributed by atoms with van der Waals surface area (Å²) in [4.78, 5) is 24.6. The van der Waals surface area contributed by atoms with Gasteiger partial charge in [0.05, 0.1) is 35.6 Å². The number of rotatable bonds is 5. The van der Waals surface area contributed by atoms with Crippen LogP contribution in [0.1, 0.15) is 76.2 Å². The Labute approximate surface area is 238 Å². The van der Waals surface area contributed by atoms with Crippen molar-refractivity contribution in [1.29, 1.82) is 0 Å². The zero-order valence-corrected chi connectivity index (χ0v) is 23.3. The van der Waals surface area contributed by atoms with Crippen LogP contribution < -0.4 is 5.63 Å². The van der Waals surface area contributed by atoms with Gasteiger partial charge in [-0.25, -0.2) is 4.79 Å². The average Bonchev–Trinajstić information content (AvgIpc) is 3.24. The van der Waals surface area contributed by atoms with Gasteiger partial charge in [-0.3, -0.25) is 0 Å². The van der Waals surface area contributed by atoms with E-state index in [0.29, 0.717) is 44.9 Å². The Morgan fingerprint density at radius 1 is 0.976 bits per heavy atom. The molecule has 11 nitrogen and oxygen atoms in total. The maximum Gasteiger partial charge on any atom is 0.335 e. The summed E-state index contributed by atoms with van der Waals surface area (Å²) in [6, 6.07) is 3.19. The van der Waals surface area contributed by atoms with E-state index in [-0.39, 0.29) is 24.2 Å². The quantitative estimate of drug-likeness (QED) is 0.209. The molecule has 0 aromatic carbocycles. The number of carbonyl (C=O) groups is 1. The van der Waals surface area contributed by atoms with Crippen LogP contribution in [0.4, 0.5) is 0 Å². The third kappa shape index (κ3) is 4.15. The number of fused-ring (bicyclic) bond motifs is 5. The Kier molecular flexibility index (Phi) is 7.30. The molecule has 11 heteroatoms. The lowest BCUT2D eigenvalue weighted by Crippen LogP contribution is -2.69. The van der Waals surface area contributed by atoms with Crippen LogP contribution in [0.15, 0.2) is 27.6 Å². The smallest absolute Gasteiger partial charge is 0.335 e. The highest BCUT2D eigenvalue weighted by atomic mass is 16.7. The van der Waals surface area contributed by atoms with Gasteiger partial charge in [0.1, 0.15) is 30.7 Å². The van der Waals surface area contributed by atoms with Gasteiger partial charge in [-0.1, -0.05) is 6.92 Å². The van der Waals surface area contributed by atoms with E-state index >= 15 is 0 Å². The molecule has 1 aromatic rings. The first kappa shape index (κ1) is 29.4. The molecule has 6 N–H and O–H groups in total. The minimum Gasteiger partial charge on any atom is -0.431 e. The monoisotopic (exact) mass is 578 g/mol. The molecular weight excluding hydrogens is 536 g/mol. The van der Waals surface area contributed by atoms with Crippen LogP contribution in [0.25, 0.3) is 0 Å². The first-order chi connectivity index (χ1) is 19.4. The standard InChI is InChI=1S/C30H42O11/c1-27-8-5-19-20(30(27,38)11-7-18(27)16-2-3-22(33)39-14-16)6-10-29(37)12-17(4-9-28(19,29)15-32)40-26-25(36)24(35)23(34)21(13-31)41-26/h2-3,14-15,17-21,23-26,31,34-38H,4-13H2,1H3/t17-,18+,19-,20+,21+,23+,24-,25+,26+,27+,28-,29-,30-/m0/s1. The van der Waals surface area contributed by atoms with Crippen LogP contribution in [0.2, 0.25) is 0 Å². The van der Waals surface area contributed by atoms with Crippen LogP contribution in [-0.4, -0.2) is 91.5 Å². The van der Waals surface area contributed by atoms with Gasteiger partial charge in [-0.2, -0.15) is 0 Å². The van der Waals surface area contributed by atoms with Crippen molar-refractivity contribution in [2.24, 2.45) is 22.7 Å². The first-order valence-electron chi connectivity index (χ1n) is 14.9. The molecule has 1 aliphatic heterocycles. The molecule has 4 saturated carbocycles. The molecule has 0 unspecified atom stereocenters. The van der Waals surface area contributed by atoms with Gasteiger partial charge in [0.2, 0.25) is 0 Å². The van der Waals surface area contributed by atoms with E-state index in [1.807, 2.05) is 0 Å². The maximum absolute atomic E-state index is 13.0. The van der Waals surface area contributed by atoms with Crippen LogP contribution in [0, 0.1) is 22.7 Å². The summed E-state index contributed by atoms with van der Waals surface area (Å²) in [7, 11) is 0. The summed E-state index contributed by atoms with van der Waals surface area (Å²) in [5.74, 6) is -0.402. The highest BCUT2D eigenvalue weighted by Crippen LogP contribution is 2.71. The zero-order chi connectivity index (χ0) is 29.4. The molecule has 0 amide bonds. The first-order valence-corrected chi connectivity index (χ1v) is 14.9. The number of hydrogen-bond donors (Lipinski definition) is 6. The van der Waals surface area contributed by atoms with Crippen molar-refractivity contribution in [3.8, 4) is 0 Å². The predicted octanol–water partition coefficient (Wildman–Crippen LogP) is 0.360. The fraction of sp³-hybridized carbons (Fsp3) is 0.800. The summed E-state index contributed by atoms with van der Waals surface area (Å²) in [6.07, 6.45) is -0.939. The fourth-order valence-electron chi connectivity index (χ4n) is 9.72. The van der Waals surface area contributed by atoms with Gasteiger partial charge in [-0.05, 0) is 80.8 Å². The molecule has 4 aliphatic carbocycles. The van der Waals surface area contributed by atoms with Crippen molar-refractivity contribution in [2.75, 3.05) is 6.61 Å². The number of aldehydes is 1. The SMILES string of the molecule is C[C@]12CC[C@H]3[C@@H](CC[C@]4(O)C[C@@H](O[C@@H]5O[C@H](CO)[C@@H](O)[C@H](O)[C@H]5O)CC[C@]34C=O)[C@@]1(O)CC[C@@H]2c1ccc(=O)oc1. The number of carbonyl (C=O) groups excluding carboxylic acids is 1. The van der Waals surface area contributed by atoms with Crippen LogP contribution in [-0.2, 0) is 14.3 Å². The van der Waals surface area contributed by atoms with Crippen molar-refractivity contribution < 1.29 is 49.3 Å². The number of aliphatic hydroxyl groups is 6. The molecule has 6 rings (SSSR count). The zero-order valence-electron chi connectivity index (χ0n) is 23.3. The van der Waals surface area contributed by atoms with Crippen LogP contribution in [0.3, 0.4) is 0 Å². The van der Waals surface area contributed by atoms with Gasteiger partial charge in [0.25, 0.3) is 0 Å². The summed E-state index contributed by atoms with van der Waals surface area (Å²) in [5.41, 5.74) is -3.50. The van der Waals surface area contributed by atoms with E-state index in [0.717, 1.165) is 18.3 Å². The van der Waals surface area contributed by atoms with E-state index < -0.39 is 71.1 Å². The lowest BCUT2D eigenvalue weighted by molar-refractivity contribution is -0.322. The van der Waals surface area contributed by atoms with Crippen LogP contribution in [0.5, 0.6) is 0 Å². The lowest BCUT2D eigenvalue weighted by Gasteiger charge is -2.65. The van der Waals surface area contributed by atoms with Gasteiger partial charge in [0.15, 0.2) is 6.29 Å². The molecule has 13 atom stereocenters. The second kappa shape index (κ2) is 10.2. The van der Waals surface area contributed by atoms with E-state index in [1.54, 1.807) is 6.07 Å². The van der Waals surface area contributed by atoms with Crippen molar-refractivity contribution >= 4 is 6.29 Å². The Balaban J connectivity index is 1.22.